The van der Waals surface area contributed by atoms with Gasteiger partial charge in [0.15, 0.2) is 6.61 Å². The molecule has 124 valence electrons. The molecule has 2 aromatic carbocycles. The molecule has 2 amide bonds. The Labute approximate surface area is 139 Å². The molecule has 5 nitrogen and oxygen atoms in total. The molecule has 0 saturated carbocycles. The van der Waals surface area contributed by atoms with Crippen LogP contribution in [0.2, 0.25) is 0 Å². The first kappa shape index (κ1) is 16.0. The van der Waals surface area contributed by atoms with Gasteiger partial charge in [0, 0.05) is 13.1 Å². The number of nitrogens with zero attached hydrogens (tertiary/aromatic N) is 1. The van der Waals surface area contributed by atoms with E-state index in [1.54, 1.807) is 12.1 Å². The van der Waals surface area contributed by atoms with E-state index < -0.39 is 6.04 Å². The van der Waals surface area contributed by atoms with Crippen LogP contribution in [0.1, 0.15) is 11.6 Å². The number of hydrogen-bond acceptors (Lipinski definition) is 3. The summed E-state index contributed by atoms with van der Waals surface area (Å²) in [6.45, 7) is 0.605. The number of benzene rings is 2. The molecule has 0 radical (unpaired) electrons. The number of nitrogens with one attached hydrogen (secondary N) is 1. The van der Waals surface area contributed by atoms with E-state index in [9.17, 15) is 14.0 Å². The maximum atomic E-state index is 13.1. The van der Waals surface area contributed by atoms with Crippen LogP contribution in [0.3, 0.4) is 0 Å². The Hall–Kier alpha value is -2.89. The lowest BCUT2D eigenvalue weighted by molar-refractivity contribution is -0.145. The van der Waals surface area contributed by atoms with Gasteiger partial charge in [-0.15, -0.1) is 0 Å². The van der Waals surface area contributed by atoms with Crippen molar-refractivity contribution in [2.45, 2.75) is 6.04 Å². The Kier molecular flexibility index (Phi) is 4.74. The van der Waals surface area contributed by atoms with Crippen molar-refractivity contribution in [3.8, 4) is 5.75 Å². The van der Waals surface area contributed by atoms with Crippen LogP contribution in [0.25, 0.3) is 0 Å². The van der Waals surface area contributed by atoms with Crippen molar-refractivity contribution in [2.75, 3.05) is 19.7 Å². The summed E-state index contributed by atoms with van der Waals surface area (Å²) in [5, 5.41) is 2.74. The van der Waals surface area contributed by atoms with Gasteiger partial charge in [-0.05, 0) is 29.8 Å². The molecule has 1 N–H and O–H groups in total. The molecule has 24 heavy (non-hydrogen) atoms. The minimum Gasteiger partial charge on any atom is -0.484 e. The van der Waals surface area contributed by atoms with Gasteiger partial charge < -0.3 is 15.0 Å². The van der Waals surface area contributed by atoms with Gasteiger partial charge >= 0.3 is 0 Å². The van der Waals surface area contributed by atoms with Crippen molar-refractivity contribution in [3.05, 3.63) is 66.0 Å². The third-order valence-corrected chi connectivity index (χ3v) is 3.82. The minimum absolute atomic E-state index is 0.158. The van der Waals surface area contributed by atoms with E-state index in [2.05, 4.69) is 5.32 Å². The van der Waals surface area contributed by atoms with E-state index in [-0.39, 0.29) is 24.2 Å². The number of piperazine rings is 1. The molecule has 3 rings (SSSR count). The van der Waals surface area contributed by atoms with Crippen LogP contribution >= 0.6 is 0 Å². The van der Waals surface area contributed by atoms with E-state index >= 15 is 0 Å². The van der Waals surface area contributed by atoms with E-state index in [0.717, 1.165) is 0 Å². The van der Waals surface area contributed by atoms with Crippen LogP contribution in [0.4, 0.5) is 4.39 Å². The van der Waals surface area contributed by atoms with Crippen LogP contribution in [-0.2, 0) is 9.59 Å². The second kappa shape index (κ2) is 7.12. The van der Waals surface area contributed by atoms with Gasteiger partial charge in [-0.25, -0.2) is 4.39 Å². The minimum atomic E-state index is -0.772. The third-order valence-electron chi connectivity index (χ3n) is 3.82. The average molecular weight is 328 g/mol. The number of ether oxygens (including phenoxy) is 1. The number of amides is 2. The molecule has 0 aliphatic carbocycles. The molecule has 1 atom stereocenters. The fraction of sp³-hybridized carbons (Fsp3) is 0.222. The number of carbonyl (C=O) groups excluding carboxylic acids is 2. The number of rotatable bonds is 4. The molecule has 1 unspecified atom stereocenters. The first-order valence-electron chi connectivity index (χ1n) is 7.65. The van der Waals surface area contributed by atoms with Gasteiger partial charge in [0.1, 0.15) is 17.6 Å². The van der Waals surface area contributed by atoms with Gasteiger partial charge in [-0.1, -0.05) is 30.3 Å². The Morgan fingerprint density at radius 3 is 2.58 bits per heavy atom. The van der Waals surface area contributed by atoms with Crippen LogP contribution in [-0.4, -0.2) is 36.4 Å². The van der Waals surface area contributed by atoms with Gasteiger partial charge in [-0.2, -0.15) is 0 Å². The zero-order valence-corrected chi connectivity index (χ0v) is 12.9. The highest BCUT2D eigenvalue weighted by molar-refractivity contribution is 5.90. The van der Waals surface area contributed by atoms with Crippen LogP contribution < -0.4 is 10.1 Å². The number of para-hydroxylation sites is 1. The molecular weight excluding hydrogens is 311 g/mol. The Balaban J connectivity index is 1.74. The molecule has 6 heteroatoms. The predicted molar refractivity (Wildman–Crippen MR) is 85.8 cm³/mol. The fourth-order valence-electron chi connectivity index (χ4n) is 2.66. The maximum Gasteiger partial charge on any atom is 0.261 e. The molecule has 0 spiro atoms. The molecule has 1 aliphatic heterocycles. The van der Waals surface area contributed by atoms with Gasteiger partial charge in [0.25, 0.3) is 5.91 Å². The van der Waals surface area contributed by atoms with E-state index in [4.69, 9.17) is 4.74 Å². The molecule has 0 aromatic heterocycles. The maximum absolute atomic E-state index is 13.1. The average Bonchev–Trinajstić information content (AvgIpc) is 2.61. The lowest BCUT2D eigenvalue weighted by Gasteiger charge is -2.35. The van der Waals surface area contributed by atoms with Crippen molar-refractivity contribution in [3.63, 3.8) is 0 Å². The number of carbonyl (C=O) groups is 2. The number of halogens is 1. The fourth-order valence-corrected chi connectivity index (χ4v) is 2.66. The molecule has 1 aliphatic rings. The second-order valence-electron chi connectivity index (χ2n) is 5.43. The SMILES string of the molecule is O=C1NCCN(C(=O)COc2ccccc2)C1c1ccc(F)cc1. The largest absolute Gasteiger partial charge is 0.484 e. The highest BCUT2D eigenvalue weighted by atomic mass is 19.1. The Morgan fingerprint density at radius 1 is 1.17 bits per heavy atom. The van der Waals surface area contributed by atoms with E-state index in [0.29, 0.717) is 24.4 Å². The van der Waals surface area contributed by atoms with E-state index in [1.165, 1.54) is 29.2 Å². The zero-order chi connectivity index (χ0) is 16.9. The first-order valence-corrected chi connectivity index (χ1v) is 7.65. The van der Waals surface area contributed by atoms with Crippen molar-refractivity contribution in [2.24, 2.45) is 0 Å². The summed E-state index contributed by atoms with van der Waals surface area (Å²) in [5.74, 6) is -0.366. The van der Waals surface area contributed by atoms with Crippen molar-refractivity contribution >= 4 is 11.8 Å². The van der Waals surface area contributed by atoms with Gasteiger partial charge in [0.05, 0.1) is 0 Å². The topological polar surface area (TPSA) is 58.6 Å². The summed E-state index contributed by atoms with van der Waals surface area (Å²) in [6, 6.07) is 13.8. The number of hydrogen-bond donors (Lipinski definition) is 1. The van der Waals surface area contributed by atoms with E-state index in [1.807, 2.05) is 18.2 Å². The summed E-state index contributed by atoms with van der Waals surface area (Å²) < 4.78 is 18.6. The predicted octanol–water partition coefficient (Wildman–Crippen LogP) is 1.90. The summed E-state index contributed by atoms with van der Waals surface area (Å²) in [6.07, 6.45) is 0. The van der Waals surface area contributed by atoms with Crippen molar-refractivity contribution in [1.82, 2.24) is 10.2 Å². The van der Waals surface area contributed by atoms with Gasteiger partial charge in [0.2, 0.25) is 5.91 Å². The molecule has 1 saturated heterocycles. The molecular formula is C18H17FN2O3. The summed E-state index contributed by atoms with van der Waals surface area (Å²) in [4.78, 5) is 26.2. The molecule has 0 bridgehead atoms. The second-order valence-corrected chi connectivity index (χ2v) is 5.43. The highest BCUT2D eigenvalue weighted by Crippen LogP contribution is 2.24. The smallest absolute Gasteiger partial charge is 0.261 e. The van der Waals surface area contributed by atoms with Crippen LogP contribution in [0.5, 0.6) is 5.75 Å². The molecule has 1 heterocycles. The standard InChI is InChI=1S/C18H17FN2O3/c19-14-8-6-13(7-9-14)17-18(23)20-10-11-21(17)16(22)12-24-15-4-2-1-3-5-15/h1-9,17H,10-12H2,(H,20,23). The summed E-state index contributed by atoms with van der Waals surface area (Å²) in [7, 11) is 0. The lowest BCUT2D eigenvalue weighted by atomic mass is 10.0. The van der Waals surface area contributed by atoms with Crippen molar-refractivity contribution < 1.29 is 18.7 Å². The Bertz CT molecular complexity index is 719. The quantitative estimate of drug-likeness (QED) is 0.933. The molecule has 1 fully saturated rings. The first-order chi connectivity index (χ1) is 11.6. The summed E-state index contributed by atoms with van der Waals surface area (Å²) >= 11 is 0. The van der Waals surface area contributed by atoms with Crippen LogP contribution in [0, 0.1) is 5.82 Å². The lowest BCUT2D eigenvalue weighted by Crippen LogP contribution is -2.53. The third kappa shape index (κ3) is 3.53. The molecule has 2 aromatic rings. The highest BCUT2D eigenvalue weighted by Gasteiger charge is 2.34. The Morgan fingerprint density at radius 2 is 1.88 bits per heavy atom. The van der Waals surface area contributed by atoms with Gasteiger partial charge in [-0.3, -0.25) is 9.59 Å². The monoisotopic (exact) mass is 328 g/mol. The normalized spacial score (nSPS) is 17.3. The summed E-state index contributed by atoms with van der Waals surface area (Å²) in [5.41, 5.74) is 0.571. The van der Waals surface area contributed by atoms with Crippen LogP contribution in [0.15, 0.2) is 54.6 Å². The van der Waals surface area contributed by atoms with Crippen molar-refractivity contribution in [1.29, 1.82) is 0 Å². The zero-order valence-electron chi connectivity index (χ0n) is 12.9.